The van der Waals surface area contributed by atoms with Crippen molar-refractivity contribution in [2.45, 2.75) is 33.0 Å². The molecule has 0 radical (unpaired) electrons. The monoisotopic (exact) mass is 513 g/mol. The van der Waals surface area contributed by atoms with Crippen LogP contribution in [0.4, 0.5) is 17.6 Å². The molecule has 0 unspecified atom stereocenters. The van der Waals surface area contributed by atoms with E-state index in [0.717, 1.165) is 29.1 Å². The van der Waals surface area contributed by atoms with Crippen molar-refractivity contribution >= 4 is 29.9 Å². The second kappa shape index (κ2) is 10.1. The van der Waals surface area contributed by atoms with E-state index in [1.54, 1.807) is 0 Å². The van der Waals surface area contributed by atoms with E-state index in [2.05, 4.69) is 20.7 Å². The summed E-state index contributed by atoms with van der Waals surface area (Å²) in [6.45, 7) is 4.33. The maximum absolute atomic E-state index is 13.2. The molecule has 0 saturated carbocycles. The minimum atomic E-state index is -4.62. The molecule has 156 valence electrons. The fourth-order valence-electron chi connectivity index (χ4n) is 2.85. The molecule has 0 amide bonds. The third kappa shape index (κ3) is 6.08. The highest BCUT2D eigenvalue weighted by atomic mass is 127. The molecule has 0 aliphatic heterocycles. The first kappa shape index (κ1) is 24.2. The number of hydrogen-bond acceptors (Lipinski definition) is 2. The Kier molecular flexibility index (Phi) is 8.71. The van der Waals surface area contributed by atoms with Gasteiger partial charge >= 0.3 is 6.18 Å². The normalized spacial score (nSPS) is 11.9. The Morgan fingerprint density at radius 3 is 2.43 bits per heavy atom. The molecule has 0 bridgehead atoms. The van der Waals surface area contributed by atoms with Gasteiger partial charge < -0.3 is 10.6 Å². The molecule has 0 atom stereocenters. The van der Waals surface area contributed by atoms with E-state index in [1.807, 2.05) is 25.6 Å². The SMILES string of the molecule is CN=C(NCCc1c(C)nn(C)c1C)NCc1ccc(F)cc1C(F)(F)F.I. The van der Waals surface area contributed by atoms with Crippen molar-refractivity contribution in [2.24, 2.45) is 12.0 Å². The highest BCUT2D eigenvalue weighted by molar-refractivity contribution is 14.0. The van der Waals surface area contributed by atoms with Gasteiger partial charge in [-0.1, -0.05) is 6.07 Å². The standard InChI is InChI=1S/C18H23F4N5.HI/c1-11-15(12(2)27(4)26-11)7-8-24-17(23-3)25-10-13-5-6-14(19)9-16(13)18(20,21)22;/h5-6,9H,7-8,10H2,1-4H3,(H2,23,24,25);1H. The average molecular weight is 513 g/mol. The van der Waals surface area contributed by atoms with Crippen molar-refractivity contribution in [3.8, 4) is 0 Å². The third-order valence-electron chi connectivity index (χ3n) is 4.37. The maximum atomic E-state index is 13.2. The molecule has 1 heterocycles. The van der Waals surface area contributed by atoms with E-state index in [-0.39, 0.29) is 36.1 Å². The minimum absolute atomic E-state index is 0. The van der Waals surface area contributed by atoms with Crippen LogP contribution in [0.2, 0.25) is 0 Å². The Balaban J connectivity index is 0.00000392. The highest BCUT2D eigenvalue weighted by Crippen LogP contribution is 2.32. The van der Waals surface area contributed by atoms with E-state index in [1.165, 1.54) is 7.05 Å². The van der Waals surface area contributed by atoms with Crippen molar-refractivity contribution in [1.29, 1.82) is 0 Å². The van der Waals surface area contributed by atoms with Gasteiger partial charge in [0.2, 0.25) is 0 Å². The molecule has 0 spiro atoms. The van der Waals surface area contributed by atoms with Gasteiger partial charge in [0, 0.05) is 32.9 Å². The number of halogens is 5. The van der Waals surface area contributed by atoms with Crippen molar-refractivity contribution in [2.75, 3.05) is 13.6 Å². The average Bonchev–Trinajstić information content (AvgIpc) is 2.83. The molecule has 2 aromatic rings. The van der Waals surface area contributed by atoms with Gasteiger partial charge in [-0.05, 0) is 43.5 Å². The molecule has 5 nitrogen and oxygen atoms in total. The number of aryl methyl sites for hydroxylation is 2. The lowest BCUT2D eigenvalue weighted by Crippen LogP contribution is -2.38. The van der Waals surface area contributed by atoms with Crippen LogP contribution in [0.25, 0.3) is 0 Å². The smallest absolute Gasteiger partial charge is 0.356 e. The summed E-state index contributed by atoms with van der Waals surface area (Å²) in [5, 5.41) is 10.3. The molecular formula is C18H24F4IN5. The summed E-state index contributed by atoms with van der Waals surface area (Å²) in [6, 6.07) is 2.64. The van der Waals surface area contributed by atoms with Gasteiger partial charge in [0.25, 0.3) is 0 Å². The highest BCUT2D eigenvalue weighted by Gasteiger charge is 2.33. The van der Waals surface area contributed by atoms with Crippen LogP contribution in [0.3, 0.4) is 0 Å². The molecule has 28 heavy (non-hydrogen) atoms. The molecule has 0 fully saturated rings. The van der Waals surface area contributed by atoms with Crippen LogP contribution in [-0.4, -0.2) is 29.3 Å². The van der Waals surface area contributed by atoms with E-state index >= 15 is 0 Å². The second-order valence-corrected chi connectivity index (χ2v) is 6.17. The Morgan fingerprint density at radius 2 is 1.89 bits per heavy atom. The molecule has 10 heteroatoms. The third-order valence-corrected chi connectivity index (χ3v) is 4.37. The predicted molar refractivity (Wildman–Crippen MR) is 111 cm³/mol. The van der Waals surface area contributed by atoms with Gasteiger partial charge in [-0.15, -0.1) is 24.0 Å². The van der Waals surface area contributed by atoms with Gasteiger partial charge in [-0.2, -0.15) is 18.3 Å². The number of benzene rings is 1. The summed E-state index contributed by atoms with van der Waals surface area (Å²) in [6.07, 6.45) is -3.91. The molecule has 0 aliphatic carbocycles. The van der Waals surface area contributed by atoms with Gasteiger partial charge in [-0.25, -0.2) is 4.39 Å². The van der Waals surface area contributed by atoms with Crippen LogP contribution >= 0.6 is 24.0 Å². The van der Waals surface area contributed by atoms with Gasteiger partial charge in [0.05, 0.1) is 11.3 Å². The maximum Gasteiger partial charge on any atom is 0.416 e. The van der Waals surface area contributed by atoms with Crippen molar-refractivity contribution < 1.29 is 17.6 Å². The van der Waals surface area contributed by atoms with Crippen molar-refractivity contribution in [3.05, 3.63) is 52.1 Å². The fourth-order valence-corrected chi connectivity index (χ4v) is 2.85. The van der Waals surface area contributed by atoms with Crippen LogP contribution in [0, 0.1) is 19.7 Å². The molecule has 1 aromatic carbocycles. The Bertz CT molecular complexity index is 830. The Hall–Kier alpha value is -1.85. The molecule has 2 N–H and O–H groups in total. The summed E-state index contributed by atoms with van der Waals surface area (Å²) in [5.74, 6) is -0.553. The lowest BCUT2D eigenvalue weighted by molar-refractivity contribution is -0.138. The van der Waals surface area contributed by atoms with Crippen LogP contribution < -0.4 is 10.6 Å². The lowest BCUT2D eigenvalue weighted by atomic mass is 10.1. The first-order chi connectivity index (χ1) is 12.6. The van der Waals surface area contributed by atoms with Gasteiger partial charge in [0.15, 0.2) is 5.96 Å². The molecule has 0 aliphatic rings. The number of aromatic nitrogens is 2. The lowest BCUT2D eigenvalue weighted by Gasteiger charge is -2.16. The zero-order chi connectivity index (χ0) is 20.2. The topological polar surface area (TPSA) is 54.2 Å². The van der Waals surface area contributed by atoms with Gasteiger partial charge in [0.1, 0.15) is 5.82 Å². The molecule has 1 aromatic heterocycles. The second-order valence-electron chi connectivity index (χ2n) is 6.17. The van der Waals surface area contributed by atoms with E-state index in [4.69, 9.17) is 0 Å². The zero-order valence-corrected chi connectivity index (χ0v) is 18.4. The quantitative estimate of drug-likeness (QED) is 0.278. The minimum Gasteiger partial charge on any atom is -0.356 e. The summed E-state index contributed by atoms with van der Waals surface area (Å²) in [7, 11) is 3.41. The van der Waals surface area contributed by atoms with Crippen LogP contribution in [-0.2, 0) is 26.2 Å². The van der Waals surface area contributed by atoms with E-state index in [9.17, 15) is 17.6 Å². The number of guanidine groups is 1. The van der Waals surface area contributed by atoms with Crippen LogP contribution in [0.1, 0.15) is 28.1 Å². The van der Waals surface area contributed by atoms with Crippen molar-refractivity contribution in [1.82, 2.24) is 20.4 Å². The molecular weight excluding hydrogens is 489 g/mol. The summed E-state index contributed by atoms with van der Waals surface area (Å²) in [5.41, 5.74) is 2.09. The van der Waals surface area contributed by atoms with Gasteiger partial charge in [-0.3, -0.25) is 9.67 Å². The largest absolute Gasteiger partial charge is 0.416 e. The number of hydrogen-bond donors (Lipinski definition) is 2. The summed E-state index contributed by atoms with van der Waals surface area (Å²) >= 11 is 0. The van der Waals surface area contributed by atoms with E-state index < -0.39 is 17.6 Å². The fraction of sp³-hybridized carbons (Fsp3) is 0.444. The van der Waals surface area contributed by atoms with Crippen molar-refractivity contribution in [3.63, 3.8) is 0 Å². The first-order valence-electron chi connectivity index (χ1n) is 8.42. The zero-order valence-electron chi connectivity index (χ0n) is 16.1. The molecule has 2 rings (SSSR count). The summed E-state index contributed by atoms with van der Waals surface area (Å²) in [4.78, 5) is 4.01. The number of alkyl halides is 3. The van der Waals surface area contributed by atoms with Crippen LogP contribution in [0.5, 0.6) is 0 Å². The number of rotatable bonds is 5. The van der Waals surface area contributed by atoms with E-state index in [0.29, 0.717) is 25.0 Å². The first-order valence-corrected chi connectivity index (χ1v) is 8.42. The Morgan fingerprint density at radius 1 is 1.21 bits per heavy atom. The molecule has 0 saturated heterocycles. The number of nitrogens with zero attached hydrogens (tertiary/aromatic N) is 3. The Labute approximate surface area is 178 Å². The summed E-state index contributed by atoms with van der Waals surface area (Å²) < 4.78 is 54.1. The number of nitrogens with one attached hydrogen (secondary N) is 2. The number of aliphatic imine (C=N–C) groups is 1. The predicted octanol–water partition coefficient (Wildman–Crippen LogP) is 3.72. The van der Waals surface area contributed by atoms with Crippen LogP contribution in [0.15, 0.2) is 23.2 Å².